The highest BCUT2D eigenvalue weighted by molar-refractivity contribution is 4.98. The lowest BCUT2D eigenvalue weighted by atomic mass is 9.60. The number of piperidine rings is 1. The summed E-state index contributed by atoms with van der Waals surface area (Å²) in [5, 5.41) is 3.69. The van der Waals surface area contributed by atoms with E-state index in [9.17, 15) is 0 Å². The van der Waals surface area contributed by atoms with Crippen LogP contribution >= 0.6 is 0 Å². The van der Waals surface area contributed by atoms with Crippen molar-refractivity contribution in [1.29, 1.82) is 0 Å². The molecule has 3 atom stereocenters. The number of hydrogen-bond acceptors (Lipinski definition) is 2. The Labute approximate surface area is 118 Å². The predicted octanol–water partition coefficient (Wildman–Crippen LogP) is 3.75. The molecular weight excluding hydrogens is 234 g/mol. The van der Waals surface area contributed by atoms with E-state index in [-0.39, 0.29) is 0 Å². The van der Waals surface area contributed by atoms with Gasteiger partial charge in [0, 0.05) is 6.61 Å². The fourth-order valence-corrected chi connectivity index (χ4v) is 5.14. The third kappa shape index (κ3) is 2.85. The molecular formula is C17H31NO. The van der Waals surface area contributed by atoms with E-state index >= 15 is 0 Å². The number of rotatable bonds is 3. The second kappa shape index (κ2) is 6.13. The predicted molar refractivity (Wildman–Crippen MR) is 79.2 cm³/mol. The summed E-state index contributed by atoms with van der Waals surface area (Å²) in [7, 11) is 0. The molecule has 3 rings (SSSR count). The van der Waals surface area contributed by atoms with Crippen LogP contribution in [0.15, 0.2) is 0 Å². The average molecular weight is 265 g/mol. The minimum Gasteiger partial charge on any atom is -0.378 e. The topological polar surface area (TPSA) is 21.3 Å². The van der Waals surface area contributed by atoms with E-state index in [0.717, 1.165) is 18.4 Å². The van der Waals surface area contributed by atoms with Crippen molar-refractivity contribution in [3.05, 3.63) is 0 Å². The van der Waals surface area contributed by atoms with Gasteiger partial charge in [0.2, 0.25) is 0 Å². The Morgan fingerprint density at radius 3 is 2.84 bits per heavy atom. The van der Waals surface area contributed by atoms with Crippen molar-refractivity contribution in [3.63, 3.8) is 0 Å². The monoisotopic (exact) mass is 265 g/mol. The van der Waals surface area contributed by atoms with Crippen molar-refractivity contribution in [1.82, 2.24) is 5.32 Å². The van der Waals surface area contributed by atoms with E-state index in [2.05, 4.69) is 12.2 Å². The Kier molecular flexibility index (Phi) is 4.48. The molecule has 3 unspecified atom stereocenters. The van der Waals surface area contributed by atoms with E-state index < -0.39 is 0 Å². The van der Waals surface area contributed by atoms with Crippen LogP contribution in [-0.4, -0.2) is 25.8 Å². The van der Waals surface area contributed by atoms with Crippen molar-refractivity contribution in [2.45, 2.75) is 70.8 Å². The molecule has 0 aromatic carbocycles. The summed E-state index contributed by atoms with van der Waals surface area (Å²) in [5.41, 5.74) is 0.623. The van der Waals surface area contributed by atoms with Gasteiger partial charge in [-0.3, -0.25) is 0 Å². The molecule has 3 fully saturated rings. The molecule has 0 radical (unpaired) electrons. The minimum absolute atomic E-state index is 0.556. The molecule has 110 valence electrons. The quantitative estimate of drug-likeness (QED) is 0.839. The van der Waals surface area contributed by atoms with E-state index in [1.165, 1.54) is 70.9 Å². The van der Waals surface area contributed by atoms with Crippen molar-refractivity contribution in [3.8, 4) is 0 Å². The molecule has 3 aliphatic rings. The minimum atomic E-state index is 0.556. The van der Waals surface area contributed by atoms with Crippen molar-refractivity contribution < 1.29 is 4.74 Å². The van der Waals surface area contributed by atoms with Gasteiger partial charge >= 0.3 is 0 Å². The first-order chi connectivity index (χ1) is 9.34. The van der Waals surface area contributed by atoms with E-state index in [0.29, 0.717) is 11.5 Å². The summed E-state index contributed by atoms with van der Waals surface area (Å²) in [5.74, 6) is 1.94. The SMILES string of the molecule is CCCC1CC2(CCNCC2C2CCCC2)CCO1. The zero-order valence-corrected chi connectivity index (χ0v) is 12.6. The third-order valence-corrected chi connectivity index (χ3v) is 6.12. The van der Waals surface area contributed by atoms with Crippen LogP contribution < -0.4 is 5.32 Å². The van der Waals surface area contributed by atoms with E-state index in [1.54, 1.807) is 0 Å². The summed E-state index contributed by atoms with van der Waals surface area (Å²) in [6.07, 6.45) is 13.1. The largest absolute Gasteiger partial charge is 0.378 e. The van der Waals surface area contributed by atoms with Crippen LogP contribution in [0.4, 0.5) is 0 Å². The van der Waals surface area contributed by atoms with Crippen LogP contribution in [0.5, 0.6) is 0 Å². The van der Waals surface area contributed by atoms with Gasteiger partial charge in [0.15, 0.2) is 0 Å². The first-order valence-corrected chi connectivity index (χ1v) is 8.66. The highest BCUT2D eigenvalue weighted by atomic mass is 16.5. The van der Waals surface area contributed by atoms with E-state index in [4.69, 9.17) is 4.74 Å². The summed E-state index contributed by atoms with van der Waals surface area (Å²) >= 11 is 0. The fourth-order valence-electron chi connectivity index (χ4n) is 5.14. The van der Waals surface area contributed by atoms with Crippen LogP contribution in [0.2, 0.25) is 0 Å². The molecule has 1 N–H and O–H groups in total. The average Bonchev–Trinajstić information content (AvgIpc) is 2.93. The molecule has 0 aromatic rings. The van der Waals surface area contributed by atoms with Gasteiger partial charge in [-0.15, -0.1) is 0 Å². The number of ether oxygens (including phenoxy) is 1. The summed E-state index contributed by atoms with van der Waals surface area (Å²) in [6.45, 7) is 5.83. The van der Waals surface area contributed by atoms with Gasteiger partial charge in [0.05, 0.1) is 6.10 Å². The van der Waals surface area contributed by atoms with Gasteiger partial charge in [-0.05, 0) is 56.0 Å². The lowest BCUT2D eigenvalue weighted by Crippen LogP contribution is -2.52. The van der Waals surface area contributed by atoms with Crippen LogP contribution in [-0.2, 0) is 4.74 Å². The molecule has 1 saturated carbocycles. The number of nitrogens with one attached hydrogen (secondary N) is 1. The molecule has 1 aliphatic carbocycles. The summed E-state index contributed by atoms with van der Waals surface area (Å²) in [6, 6.07) is 0. The Morgan fingerprint density at radius 1 is 1.21 bits per heavy atom. The highest BCUT2D eigenvalue weighted by Gasteiger charge is 2.47. The molecule has 2 aliphatic heterocycles. The Hall–Kier alpha value is -0.0800. The molecule has 2 heteroatoms. The van der Waals surface area contributed by atoms with Crippen molar-refractivity contribution in [2.24, 2.45) is 17.3 Å². The summed E-state index contributed by atoms with van der Waals surface area (Å²) < 4.78 is 6.04. The van der Waals surface area contributed by atoms with Gasteiger partial charge in [0.25, 0.3) is 0 Å². The molecule has 2 saturated heterocycles. The molecule has 2 nitrogen and oxygen atoms in total. The smallest absolute Gasteiger partial charge is 0.0580 e. The zero-order valence-electron chi connectivity index (χ0n) is 12.6. The molecule has 19 heavy (non-hydrogen) atoms. The lowest BCUT2D eigenvalue weighted by molar-refractivity contribution is -0.0963. The maximum absolute atomic E-state index is 6.04. The molecule has 0 aromatic heterocycles. The third-order valence-electron chi connectivity index (χ3n) is 6.12. The Balaban J connectivity index is 1.73. The molecule has 2 heterocycles. The Bertz CT molecular complexity index is 281. The molecule has 1 spiro atoms. The van der Waals surface area contributed by atoms with Crippen LogP contribution in [0, 0.1) is 17.3 Å². The molecule has 0 amide bonds. The van der Waals surface area contributed by atoms with Crippen LogP contribution in [0.1, 0.15) is 64.7 Å². The second-order valence-corrected chi connectivity index (χ2v) is 7.20. The maximum atomic E-state index is 6.04. The first kappa shape index (κ1) is 13.9. The van der Waals surface area contributed by atoms with Gasteiger partial charge in [0.1, 0.15) is 0 Å². The zero-order chi connectivity index (χ0) is 13.1. The van der Waals surface area contributed by atoms with E-state index in [1.807, 2.05) is 0 Å². The first-order valence-electron chi connectivity index (χ1n) is 8.66. The van der Waals surface area contributed by atoms with Gasteiger partial charge in [-0.25, -0.2) is 0 Å². The summed E-state index contributed by atoms with van der Waals surface area (Å²) in [4.78, 5) is 0. The Morgan fingerprint density at radius 2 is 2.05 bits per heavy atom. The maximum Gasteiger partial charge on any atom is 0.0580 e. The van der Waals surface area contributed by atoms with Crippen molar-refractivity contribution >= 4 is 0 Å². The number of hydrogen-bond donors (Lipinski definition) is 1. The highest BCUT2D eigenvalue weighted by Crippen LogP contribution is 2.51. The lowest BCUT2D eigenvalue weighted by Gasteiger charge is -2.51. The standard InChI is InChI=1S/C17H31NO/c1-2-5-15-12-17(9-11-19-15)8-10-18-13-16(17)14-6-3-4-7-14/h14-16,18H,2-13H2,1H3. The van der Waals surface area contributed by atoms with Crippen molar-refractivity contribution in [2.75, 3.05) is 19.7 Å². The molecule has 0 bridgehead atoms. The van der Waals surface area contributed by atoms with Gasteiger partial charge in [-0.2, -0.15) is 0 Å². The normalized spacial score (nSPS) is 40.9. The fraction of sp³-hybridized carbons (Fsp3) is 1.00. The second-order valence-electron chi connectivity index (χ2n) is 7.20. The van der Waals surface area contributed by atoms with Gasteiger partial charge < -0.3 is 10.1 Å². The van der Waals surface area contributed by atoms with Gasteiger partial charge in [-0.1, -0.05) is 39.0 Å². The van der Waals surface area contributed by atoms with Crippen LogP contribution in [0.25, 0.3) is 0 Å². The van der Waals surface area contributed by atoms with Crippen LogP contribution in [0.3, 0.4) is 0 Å².